The van der Waals surface area contributed by atoms with Gasteiger partial charge < -0.3 is 0 Å². The van der Waals surface area contributed by atoms with Crippen LogP contribution in [0.2, 0.25) is 0 Å². The number of sulfonamides is 1. The van der Waals surface area contributed by atoms with Gasteiger partial charge in [-0.3, -0.25) is 4.79 Å². The molecule has 0 spiro atoms. The Morgan fingerprint density at radius 1 is 1.20 bits per heavy atom. The highest BCUT2D eigenvalue weighted by Gasteiger charge is 2.32. The third-order valence-electron chi connectivity index (χ3n) is 2.96. The minimum absolute atomic E-state index is 0.0318. The second kappa shape index (κ2) is 8.10. The van der Waals surface area contributed by atoms with E-state index in [-0.39, 0.29) is 24.2 Å². The molecule has 12 heteroatoms. The molecule has 1 aromatic rings. The van der Waals surface area contributed by atoms with E-state index < -0.39 is 50.4 Å². The zero-order chi connectivity index (χ0) is 19.4. The molecule has 0 bridgehead atoms. The predicted octanol–water partition coefficient (Wildman–Crippen LogP) is 3.39. The van der Waals surface area contributed by atoms with Crippen LogP contribution in [0, 0.1) is 23.3 Å². The summed E-state index contributed by atoms with van der Waals surface area (Å²) in [5.41, 5.74) is 6.75. The standard InChI is InChI=1S/C13H12F4N4O3S/c1-6(2)7(22)4-3-5-19-25(23,24)13-10(16)8(14)12(20-21-18)9(15)11(13)17/h19H,1,3-5H2,2H3. The topological polar surface area (TPSA) is 112 Å². The molecule has 7 nitrogen and oxygen atoms in total. The quantitative estimate of drug-likeness (QED) is 0.142. The summed E-state index contributed by atoms with van der Waals surface area (Å²) < 4.78 is 80.4. The van der Waals surface area contributed by atoms with E-state index in [0.29, 0.717) is 0 Å². The molecule has 1 N–H and O–H groups in total. The first-order chi connectivity index (χ1) is 11.5. The summed E-state index contributed by atoms with van der Waals surface area (Å²) in [6.45, 7) is 4.43. The third kappa shape index (κ3) is 4.56. The fraction of sp³-hybridized carbons (Fsp3) is 0.308. The Morgan fingerprint density at radius 2 is 1.72 bits per heavy atom. The monoisotopic (exact) mass is 380 g/mol. The van der Waals surface area contributed by atoms with Crippen molar-refractivity contribution in [3.8, 4) is 0 Å². The summed E-state index contributed by atoms with van der Waals surface area (Å²) in [6.07, 6.45) is -0.114. The van der Waals surface area contributed by atoms with Crippen LogP contribution in [0.25, 0.3) is 10.4 Å². The van der Waals surface area contributed by atoms with Gasteiger partial charge in [-0.15, -0.1) is 0 Å². The number of halogens is 4. The number of ketones is 1. The lowest BCUT2D eigenvalue weighted by Gasteiger charge is -2.11. The summed E-state index contributed by atoms with van der Waals surface area (Å²) in [7, 11) is -4.97. The maximum atomic E-state index is 13.8. The van der Waals surface area contributed by atoms with Crippen LogP contribution in [0.3, 0.4) is 0 Å². The van der Waals surface area contributed by atoms with Crippen LogP contribution >= 0.6 is 0 Å². The lowest BCUT2D eigenvalue weighted by Crippen LogP contribution is -2.28. The number of nitrogens with zero attached hydrogens (tertiary/aromatic N) is 3. The van der Waals surface area contributed by atoms with Crippen molar-refractivity contribution in [3.05, 3.63) is 45.9 Å². The molecule has 136 valence electrons. The first kappa shape index (κ1) is 20.6. The molecule has 0 saturated carbocycles. The molecule has 0 fully saturated rings. The lowest BCUT2D eigenvalue weighted by molar-refractivity contribution is -0.115. The molecule has 1 aromatic carbocycles. The molecule has 0 aliphatic heterocycles. The largest absolute Gasteiger partial charge is 0.295 e. The molecule has 0 atom stereocenters. The maximum Gasteiger partial charge on any atom is 0.246 e. The molecule has 0 aliphatic carbocycles. The summed E-state index contributed by atoms with van der Waals surface area (Å²) in [5.74, 6) is -9.09. The molecular formula is C13H12F4N4O3S. The van der Waals surface area contributed by atoms with Gasteiger partial charge >= 0.3 is 0 Å². The number of azide groups is 1. The normalized spacial score (nSPS) is 11.1. The van der Waals surface area contributed by atoms with Gasteiger partial charge in [0.1, 0.15) is 5.69 Å². The van der Waals surface area contributed by atoms with E-state index >= 15 is 0 Å². The Kier molecular flexibility index (Phi) is 6.68. The van der Waals surface area contributed by atoms with Crippen LogP contribution in [-0.4, -0.2) is 20.7 Å². The molecular weight excluding hydrogens is 368 g/mol. The van der Waals surface area contributed by atoms with E-state index in [9.17, 15) is 30.8 Å². The molecule has 1 rings (SSSR count). The molecule has 25 heavy (non-hydrogen) atoms. The van der Waals surface area contributed by atoms with Crippen molar-refractivity contribution in [3.63, 3.8) is 0 Å². The van der Waals surface area contributed by atoms with Crippen LogP contribution in [0.15, 0.2) is 22.2 Å². The van der Waals surface area contributed by atoms with Gasteiger partial charge in [0.2, 0.25) is 10.0 Å². The van der Waals surface area contributed by atoms with Crippen molar-refractivity contribution in [2.24, 2.45) is 5.11 Å². The first-order valence-electron chi connectivity index (χ1n) is 6.64. The molecule has 0 unspecified atom stereocenters. The zero-order valence-electron chi connectivity index (χ0n) is 12.8. The Balaban J connectivity index is 3.12. The fourth-order valence-electron chi connectivity index (χ4n) is 1.71. The number of hydrogen-bond donors (Lipinski definition) is 1. The average Bonchev–Trinajstić information content (AvgIpc) is 2.53. The van der Waals surface area contributed by atoms with Crippen molar-refractivity contribution >= 4 is 21.5 Å². The van der Waals surface area contributed by atoms with Crippen LogP contribution < -0.4 is 4.72 Å². The summed E-state index contributed by atoms with van der Waals surface area (Å²) >= 11 is 0. The van der Waals surface area contributed by atoms with Gasteiger partial charge in [0.25, 0.3) is 0 Å². The van der Waals surface area contributed by atoms with E-state index in [2.05, 4.69) is 11.7 Å². The van der Waals surface area contributed by atoms with E-state index in [1.54, 1.807) is 4.72 Å². The predicted molar refractivity (Wildman–Crippen MR) is 79.3 cm³/mol. The molecule has 0 saturated heterocycles. The summed E-state index contributed by atoms with van der Waals surface area (Å²) in [4.78, 5) is 11.4. The number of hydrogen-bond acceptors (Lipinski definition) is 4. The SMILES string of the molecule is C=C(C)C(=O)CCCNS(=O)(=O)c1c(F)c(F)c(N=[N+]=[N-])c(F)c1F. The van der Waals surface area contributed by atoms with E-state index in [1.807, 2.05) is 4.91 Å². The number of benzene rings is 1. The van der Waals surface area contributed by atoms with Gasteiger partial charge in [-0.1, -0.05) is 11.7 Å². The van der Waals surface area contributed by atoms with Crippen molar-refractivity contribution < 1.29 is 30.8 Å². The third-order valence-corrected chi connectivity index (χ3v) is 4.44. The summed E-state index contributed by atoms with van der Waals surface area (Å²) in [5, 5.41) is 2.45. The van der Waals surface area contributed by atoms with E-state index in [0.717, 1.165) is 0 Å². The molecule has 0 aromatic heterocycles. The minimum atomic E-state index is -4.97. The van der Waals surface area contributed by atoms with Gasteiger partial charge in [0, 0.05) is 17.9 Å². The average molecular weight is 380 g/mol. The van der Waals surface area contributed by atoms with Crippen molar-refractivity contribution in [2.45, 2.75) is 24.7 Å². The molecule has 0 aliphatic rings. The van der Waals surface area contributed by atoms with Crippen molar-refractivity contribution in [2.75, 3.05) is 6.54 Å². The minimum Gasteiger partial charge on any atom is -0.295 e. The second-order valence-corrected chi connectivity index (χ2v) is 6.53. The second-order valence-electron chi connectivity index (χ2n) is 4.83. The van der Waals surface area contributed by atoms with Crippen molar-refractivity contribution in [1.82, 2.24) is 4.72 Å². The van der Waals surface area contributed by atoms with Gasteiger partial charge in [-0.05, 0) is 24.4 Å². The van der Waals surface area contributed by atoms with Crippen LogP contribution in [-0.2, 0) is 14.8 Å². The molecule has 0 heterocycles. The smallest absolute Gasteiger partial charge is 0.246 e. The van der Waals surface area contributed by atoms with Crippen LogP contribution in [0.4, 0.5) is 23.2 Å². The highest BCUT2D eigenvalue weighted by atomic mass is 32.2. The van der Waals surface area contributed by atoms with Gasteiger partial charge in [0.05, 0.1) is 0 Å². The summed E-state index contributed by atoms with van der Waals surface area (Å²) in [6, 6.07) is 0. The Morgan fingerprint density at radius 3 is 2.16 bits per heavy atom. The van der Waals surface area contributed by atoms with Crippen LogP contribution in [0.5, 0.6) is 0 Å². The lowest BCUT2D eigenvalue weighted by atomic mass is 10.1. The van der Waals surface area contributed by atoms with Gasteiger partial charge in [-0.25, -0.2) is 30.7 Å². The number of Topliss-reactive ketones (excluding diaryl/α,β-unsaturated/α-hetero) is 1. The molecule has 0 amide bonds. The Labute approximate surface area is 140 Å². The van der Waals surface area contributed by atoms with E-state index in [4.69, 9.17) is 5.53 Å². The van der Waals surface area contributed by atoms with Gasteiger partial charge in [-0.2, -0.15) is 0 Å². The highest BCUT2D eigenvalue weighted by Crippen LogP contribution is 2.32. The first-order valence-corrected chi connectivity index (χ1v) is 8.12. The number of rotatable bonds is 8. The number of allylic oxidation sites excluding steroid dienone is 1. The van der Waals surface area contributed by atoms with Crippen LogP contribution in [0.1, 0.15) is 19.8 Å². The fourth-order valence-corrected chi connectivity index (χ4v) is 2.92. The number of carbonyl (C=O) groups is 1. The van der Waals surface area contributed by atoms with Gasteiger partial charge in [0.15, 0.2) is 33.9 Å². The van der Waals surface area contributed by atoms with E-state index in [1.165, 1.54) is 6.92 Å². The number of carbonyl (C=O) groups excluding carboxylic acids is 1. The Bertz CT molecular complexity index is 851. The molecule has 0 radical (unpaired) electrons. The highest BCUT2D eigenvalue weighted by molar-refractivity contribution is 7.89. The Hall–Kier alpha value is -2.43. The van der Waals surface area contributed by atoms with Crippen molar-refractivity contribution in [1.29, 1.82) is 0 Å². The zero-order valence-corrected chi connectivity index (χ0v) is 13.6. The number of nitrogens with one attached hydrogen (secondary N) is 1. The maximum absolute atomic E-state index is 13.8.